The van der Waals surface area contributed by atoms with Gasteiger partial charge in [-0.1, -0.05) is 6.92 Å². The maximum Gasteiger partial charge on any atom is 0.383 e. The van der Waals surface area contributed by atoms with Crippen LogP contribution in [0.2, 0.25) is 0 Å². The quantitative estimate of drug-likeness (QED) is 0.238. The summed E-state index contributed by atoms with van der Waals surface area (Å²) in [6, 6.07) is 0. The lowest BCUT2D eigenvalue weighted by Crippen LogP contribution is -2.17. The average Bonchev–Trinajstić information content (AvgIpc) is 1.82. The van der Waals surface area contributed by atoms with Gasteiger partial charge in [0.1, 0.15) is 12.8 Å². The number of carbonyl (C=O) groups is 1. The lowest BCUT2D eigenvalue weighted by Gasteiger charge is -1.89. The molecule has 0 aliphatic rings. The van der Waals surface area contributed by atoms with Crippen LogP contribution in [-0.2, 0) is 4.79 Å². The van der Waals surface area contributed by atoms with E-state index < -0.39 is 0 Å². The van der Waals surface area contributed by atoms with Gasteiger partial charge in [-0.15, -0.1) is 0 Å². The first-order valence-electron chi connectivity index (χ1n) is 3.32. The van der Waals surface area contributed by atoms with Crippen LogP contribution in [0, 0.1) is 0 Å². The maximum atomic E-state index is 10.7. The third kappa shape index (κ3) is 3.01. The molecule has 0 atom stereocenters. The molecule has 0 aliphatic carbocycles. The molecule has 0 heterocycles. The Morgan fingerprint density at radius 3 is 2.22 bits per heavy atom. The van der Waals surface area contributed by atoms with E-state index in [0.717, 1.165) is 13.0 Å². The summed E-state index contributed by atoms with van der Waals surface area (Å²) in [6.07, 6.45) is 2.83. The summed E-state index contributed by atoms with van der Waals surface area (Å²) in [5.41, 5.74) is 0. The van der Waals surface area contributed by atoms with Gasteiger partial charge in [-0.05, 0) is 6.92 Å². The van der Waals surface area contributed by atoms with E-state index in [9.17, 15) is 4.79 Å². The van der Waals surface area contributed by atoms with Gasteiger partial charge in [0.05, 0.1) is 6.92 Å². The molecular weight excluding hydrogens is 118 g/mol. The Morgan fingerprint density at radius 1 is 1.56 bits per heavy atom. The first-order chi connectivity index (χ1) is 4.22. The standard InChI is InChI=1S/C7H14NO/c1-4-6-8(5-2)7(3)9/h6H,4-5H2,1-3H3/q+1/b8-6+/i1+1,2+1,5+1,8+1. The van der Waals surface area contributed by atoms with Crippen molar-refractivity contribution in [3.05, 3.63) is 0 Å². The van der Waals surface area contributed by atoms with Crippen LogP contribution in [0.1, 0.15) is 27.2 Å². The minimum atomic E-state index is 0.124. The van der Waals surface area contributed by atoms with E-state index in [1.807, 2.05) is 20.1 Å². The average molecular weight is 132 g/mol. The zero-order valence-corrected chi connectivity index (χ0v) is 6.35. The number of nitrogens with zero attached hydrogens (tertiary/aromatic N) is 1. The zero-order chi connectivity index (χ0) is 7.28. The highest BCUT2D eigenvalue weighted by atomic mass is 16.2. The maximum absolute atomic E-state index is 10.7. The molecule has 9 heavy (non-hydrogen) atoms. The second-order valence-electron chi connectivity index (χ2n) is 1.90. The van der Waals surface area contributed by atoms with E-state index in [4.69, 9.17) is 0 Å². The van der Waals surface area contributed by atoms with Crippen LogP contribution in [0.5, 0.6) is 0 Å². The van der Waals surface area contributed by atoms with Gasteiger partial charge in [0.2, 0.25) is 0 Å². The van der Waals surface area contributed by atoms with E-state index in [2.05, 4.69) is 0 Å². The van der Waals surface area contributed by atoms with Crippen LogP contribution in [0.3, 0.4) is 0 Å². The van der Waals surface area contributed by atoms with E-state index in [1.165, 1.54) is 0 Å². The fourth-order valence-corrected chi connectivity index (χ4v) is 0.701. The van der Waals surface area contributed by atoms with Gasteiger partial charge in [-0.25, -0.2) is 4.79 Å². The highest BCUT2D eigenvalue weighted by molar-refractivity contribution is 5.69. The second-order valence-corrected chi connectivity index (χ2v) is 1.90. The molecule has 0 N–H and O–H groups in total. The third-order valence-corrected chi connectivity index (χ3v) is 1.15. The fourth-order valence-electron chi connectivity index (χ4n) is 0.701. The van der Waals surface area contributed by atoms with Crippen molar-refractivity contribution in [1.29, 1.82) is 0 Å². The second kappa shape index (κ2) is 4.24. The number of hydrogen-bond donors (Lipinski definition) is 0. The Balaban J connectivity index is 3.98. The van der Waals surface area contributed by atoms with Crippen molar-refractivity contribution in [3.63, 3.8) is 0 Å². The van der Waals surface area contributed by atoms with Gasteiger partial charge in [0.15, 0.2) is 0 Å². The normalized spacial score (nSPS) is 11.7. The smallest absolute Gasteiger partial charge is 0.220 e. The summed E-state index contributed by atoms with van der Waals surface area (Å²) in [5, 5.41) is 0. The van der Waals surface area contributed by atoms with E-state index >= 15 is 0 Å². The predicted octanol–water partition coefficient (Wildman–Crippen LogP) is 1.05. The third-order valence-electron chi connectivity index (χ3n) is 1.15. The van der Waals surface area contributed by atoms with Crippen molar-refractivity contribution in [2.75, 3.05) is 6.54 Å². The lowest BCUT2D eigenvalue weighted by molar-refractivity contribution is -0.440. The molecule has 0 rings (SSSR count). The summed E-state index contributed by atoms with van der Waals surface area (Å²) < 4.78 is 1.71. The van der Waals surface area contributed by atoms with Crippen LogP contribution in [0.4, 0.5) is 0 Å². The summed E-state index contributed by atoms with van der Waals surface area (Å²) in [5.74, 6) is 0.124. The molecule has 2 nitrogen and oxygen atoms in total. The summed E-state index contributed by atoms with van der Waals surface area (Å²) >= 11 is 0. The van der Waals surface area contributed by atoms with Crippen molar-refractivity contribution in [3.8, 4) is 0 Å². The van der Waals surface area contributed by atoms with Gasteiger partial charge < -0.3 is 0 Å². The van der Waals surface area contributed by atoms with E-state index in [-0.39, 0.29) is 5.91 Å². The summed E-state index contributed by atoms with van der Waals surface area (Å²) in [6.45, 7) is 6.35. The predicted molar refractivity (Wildman–Crippen MR) is 37.8 cm³/mol. The SMILES string of the molecule is CC(=O)/[15N+](=C/C[13CH3])[13CH2][13CH3]. The van der Waals surface area contributed by atoms with E-state index in [0.29, 0.717) is 0 Å². The van der Waals surface area contributed by atoms with Crippen molar-refractivity contribution in [1.82, 2.24) is 0 Å². The Bertz CT molecular complexity index is 127. The molecular formula is C7H14NO+. The molecule has 0 unspecified atom stereocenters. The van der Waals surface area contributed by atoms with Crippen molar-refractivity contribution in [2.45, 2.75) is 27.2 Å². The summed E-state index contributed by atoms with van der Waals surface area (Å²) in [4.78, 5) is 10.7. The molecule has 0 saturated heterocycles. The van der Waals surface area contributed by atoms with Crippen LogP contribution in [0.25, 0.3) is 0 Å². The molecule has 0 saturated carbocycles. The molecule has 0 aromatic rings. The van der Waals surface area contributed by atoms with Gasteiger partial charge in [-0.2, -0.15) is 4.58 Å². The Labute approximate surface area is 56.2 Å². The van der Waals surface area contributed by atoms with Gasteiger partial charge in [0, 0.05) is 6.42 Å². The van der Waals surface area contributed by atoms with Crippen LogP contribution in [0.15, 0.2) is 0 Å². The van der Waals surface area contributed by atoms with Gasteiger partial charge in [-0.3, -0.25) is 0 Å². The molecule has 0 radical (unpaired) electrons. The Kier molecular flexibility index (Phi) is 3.93. The lowest BCUT2D eigenvalue weighted by atomic mass is 10.7. The van der Waals surface area contributed by atoms with Crippen molar-refractivity contribution >= 4 is 12.1 Å². The first kappa shape index (κ1) is 8.34. The monoisotopic (exact) mass is 132 g/mol. The molecule has 0 aromatic carbocycles. The van der Waals surface area contributed by atoms with Gasteiger partial charge in [0.25, 0.3) is 0 Å². The molecule has 0 aromatic heterocycles. The fraction of sp³-hybridized carbons (Fsp3) is 0.714. The number of rotatable bonds is 2. The number of amides is 1. The molecule has 0 aliphatic heterocycles. The Hall–Kier alpha value is -0.660. The first-order valence-corrected chi connectivity index (χ1v) is 3.32. The highest BCUT2D eigenvalue weighted by Crippen LogP contribution is 1.76. The minimum absolute atomic E-state index is 0.124. The van der Waals surface area contributed by atoms with Crippen LogP contribution >= 0.6 is 0 Å². The largest absolute Gasteiger partial charge is 0.383 e. The zero-order valence-electron chi connectivity index (χ0n) is 6.35. The molecule has 2 heteroatoms. The number of carbonyl (C=O) groups excluding carboxylic acids is 1. The van der Waals surface area contributed by atoms with E-state index in [1.54, 1.807) is 11.5 Å². The topological polar surface area (TPSA) is 20.1 Å². The Morgan fingerprint density at radius 2 is 2.11 bits per heavy atom. The molecule has 1 amide bonds. The number of hydrogen-bond acceptors (Lipinski definition) is 1. The van der Waals surface area contributed by atoms with Gasteiger partial charge >= 0.3 is 5.91 Å². The highest BCUT2D eigenvalue weighted by Gasteiger charge is 2.04. The van der Waals surface area contributed by atoms with Crippen LogP contribution < -0.4 is 0 Å². The van der Waals surface area contributed by atoms with Crippen molar-refractivity contribution < 1.29 is 9.37 Å². The minimum Gasteiger partial charge on any atom is -0.220 e. The molecule has 0 spiro atoms. The summed E-state index contributed by atoms with van der Waals surface area (Å²) in [7, 11) is 0. The van der Waals surface area contributed by atoms with Crippen LogP contribution in [-0.4, -0.2) is 23.2 Å². The molecule has 0 fully saturated rings. The van der Waals surface area contributed by atoms with Crippen molar-refractivity contribution in [2.24, 2.45) is 0 Å². The molecule has 52 valence electrons. The molecule has 0 bridgehead atoms.